The van der Waals surface area contributed by atoms with Gasteiger partial charge < -0.3 is 9.80 Å². The van der Waals surface area contributed by atoms with Crippen molar-refractivity contribution in [2.24, 2.45) is 5.41 Å². The fourth-order valence-corrected chi connectivity index (χ4v) is 9.53. The van der Waals surface area contributed by atoms with Crippen LogP contribution in [0.15, 0.2) is 97.1 Å². The molecular weight excluding hydrogens is 687 g/mol. The van der Waals surface area contributed by atoms with Crippen LogP contribution < -0.4 is 26.2 Å². The van der Waals surface area contributed by atoms with Gasteiger partial charge in [0.05, 0.1) is 0 Å². The Labute approximate surface area is 347 Å². The molecule has 0 saturated heterocycles. The molecule has 0 aliphatic carbocycles. The summed E-state index contributed by atoms with van der Waals surface area (Å²) < 4.78 is 0. The van der Waals surface area contributed by atoms with Gasteiger partial charge in [0.25, 0.3) is 6.71 Å². The monoisotopic (exact) mass is 757 g/mol. The molecule has 0 atom stereocenters. The van der Waals surface area contributed by atoms with Gasteiger partial charge in [-0.25, -0.2) is 0 Å². The number of hydrogen-bond acceptors (Lipinski definition) is 2. The number of rotatable bonds is 4. The van der Waals surface area contributed by atoms with Crippen molar-refractivity contribution >= 4 is 57.2 Å². The zero-order chi connectivity index (χ0) is 41.8. The Kier molecular flexibility index (Phi) is 9.63. The third-order valence-corrected chi connectivity index (χ3v) is 12.5. The van der Waals surface area contributed by atoms with E-state index in [2.05, 4.69) is 225 Å². The Hall–Kier alpha value is -4.24. The summed E-state index contributed by atoms with van der Waals surface area (Å²) in [5.41, 5.74) is 18.7. The smallest absolute Gasteiger partial charge is 0.252 e. The van der Waals surface area contributed by atoms with Crippen molar-refractivity contribution in [2.45, 2.75) is 151 Å². The highest BCUT2D eigenvalue weighted by molar-refractivity contribution is 7.00. The summed E-state index contributed by atoms with van der Waals surface area (Å²) in [6.45, 7) is 40.0. The van der Waals surface area contributed by atoms with Crippen molar-refractivity contribution in [3.63, 3.8) is 0 Å². The molecule has 0 N–H and O–H groups in total. The minimum absolute atomic E-state index is 0.00372. The predicted molar refractivity (Wildman–Crippen MR) is 252 cm³/mol. The Morgan fingerprint density at radius 1 is 0.368 bits per heavy atom. The molecule has 0 spiro atoms. The number of nitrogens with zero attached hydrogens (tertiary/aromatic N) is 2. The van der Waals surface area contributed by atoms with E-state index in [1.165, 1.54) is 78.3 Å². The van der Waals surface area contributed by atoms with Gasteiger partial charge >= 0.3 is 0 Å². The summed E-state index contributed by atoms with van der Waals surface area (Å²) >= 11 is 0. The van der Waals surface area contributed by atoms with Crippen molar-refractivity contribution in [3.05, 3.63) is 125 Å². The molecule has 0 amide bonds. The lowest BCUT2D eigenvalue weighted by Crippen LogP contribution is -2.61. The van der Waals surface area contributed by atoms with Crippen molar-refractivity contribution in [3.8, 4) is 0 Å². The van der Waals surface area contributed by atoms with Crippen LogP contribution >= 0.6 is 0 Å². The quantitative estimate of drug-likeness (QED) is 0.165. The van der Waals surface area contributed by atoms with Crippen molar-refractivity contribution in [1.82, 2.24) is 0 Å². The lowest BCUT2D eigenvalue weighted by molar-refractivity contribution is 0.284. The van der Waals surface area contributed by atoms with E-state index in [0.717, 1.165) is 6.42 Å². The summed E-state index contributed by atoms with van der Waals surface area (Å²) in [5.74, 6) is 0. The molecule has 3 heteroatoms. The molecule has 2 aliphatic heterocycles. The first-order chi connectivity index (χ1) is 26.1. The van der Waals surface area contributed by atoms with Gasteiger partial charge in [-0.1, -0.05) is 166 Å². The van der Waals surface area contributed by atoms with Gasteiger partial charge in [-0.3, -0.25) is 0 Å². The van der Waals surface area contributed by atoms with E-state index in [4.69, 9.17) is 0 Å². The summed E-state index contributed by atoms with van der Waals surface area (Å²) in [7, 11) is 0. The molecule has 0 fully saturated rings. The topological polar surface area (TPSA) is 6.48 Å². The van der Waals surface area contributed by atoms with Crippen molar-refractivity contribution in [1.29, 1.82) is 0 Å². The minimum atomic E-state index is -0.0739. The van der Waals surface area contributed by atoms with E-state index >= 15 is 0 Å². The largest absolute Gasteiger partial charge is 0.311 e. The normalized spacial score (nSPS) is 14.7. The van der Waals surface area contributed by atoms with Crippen LogP contribution in [-0.2, 0) is 27.1 Å². The molecule has 0 radical (unpaired) electrons. The van der Waals surface area contributed by atoms with Gasteiger partial charge in [0.1, 0.15) is 0 Å². The summed E-state index contributed by atoms with van der Waals surface area (Å²) in [4.78, 5) is 5.19. The molecule has 57 heavy (non-hydrogen) atoms. The molecule has 2 heterocycles. The molecule has 5 aromatic carbocycles. The maximum Gasteiger partial charge on any atom is 0.252 e. The molecule has 0 unspecified atom stereocenters. The molecule has 0 aromatic heterocycles. The van der Waals surface area contributed by atoms with E-state index in [1.807, 2.05) is 0 Å². The average molecular weight is 757 g/mol. The molecule has 298 valence electrons. The number of benzene rings is 5. The highest BCUT2D eigenvalue weighted by Crippen LogP contribution is 2.48. The van der Waals surface area contributed by atoms with Gasteiger partial charge in [0, 0.05) is 34.1 Å². The highest BCUT2D eigenvalue weighted by Gasteiger charge is 2.45. The van der Waals surface area contributed by atoms with Crippen LogP contribution in [0.1, 0.15) is 152 Å². The van der Waals surface area contributed by atoms with Gasteiger partial charge in [-0.05, 0) is 132 Å². The van der Waals surface area contributed by atoms with E-state index in [0.29, 0.717) is 0 Å². The number of fused-ring (bicyclic) bond motifs is 4. The van der Waals surface area contributed by atoms with Crippen LogP contribution in [0.2, 0.25) is 0 Å². The van der Waals surface area contributed by atoms with Crippen LogP contribution in [0, 0.1) is 5.41 Å². The molecule has 2 nitrogen and oxygen atoms in total. The summed E-state index contributed by atoms with van der Waals surface area (Å²) in [6.07, 6.45) is 1.07. The third-order valence-electron chi connectivity index (χ3n) is 12.5. The molecule has 2 aliphatic rings. The Morgan fingerprint density at radius 2 is 0.702 bits per heavy atom. The SMILES string of the molecule is CC(C)(C)CC(C)(C)c1cc2c3c(c1)N(c1ccc(C(C)(C)C)cc1)c1ccc(C(C)(C)C)cc1B3c1cc(C(C)(C)C)ccc1N2c1ccc(C(C)(C)C)cc1. The van der Waals surface area contributed by atoms with Gasteiger partial charge in [0.2, 0.25) is 0 Å². The van der Waals surface area contributed by atoms with Crippen LogP contribution in [0.5, 0.6) is 0 Å². The average Bonchev–Trinajstić information content (AvgIpc) is 3.08. The standard InChI is InChI=1S/C54H69BN2/c1-49(2,3)34-54(16,17)39-32-46-48-47(33-39)57(41-26-20-36(21-27-41)51(7,8)9)45-29-23-38(53(13,14)15)31-43(45)55(48)42-30-37(52(10,11)12)22-28-44(42)56(46)40-24-18-35(19-25-40)50(4,5)6/h18-33H,34H2,1-17H3. The molecular formula is C54H69BN2. The zero-order valence-corrected chi connectivity index (χ0v) is 38.4. The molecule has 7 rings (SSSR count). The van der Waals surface area contributed by atoms with Crippen LogP contribution in [0.3, 0.4) is 0 Å². The maximum absolute atomic E-state index is 2.60. The lowest BCUT2D eigenvalue weighted by atomic mass is 9.33. The lowest BCUT2D eigenvalue weighted by Gasteiger charge is -2.46. The zero-order valence-electron chi connectivity index (χ0n) is 38.4. The van der Waals surface area contributed by atoms with Crippen LogP contribution in [-0.4, -0.2) is 6.71 Å². The first kappa shape index (κ1) is 40.9. The van der Waals surface area contributed by atoms with E-state index in [9.17, 15) is 0 Å². The second kappa shape index (κ2) is 13.4. The fourth-order valence-electron chi connectivity index (χ4n) is 9.53. The van der Waals surface area contributed by atoms with Crippen molar-refractivity contribution < 1.29 is 0 Å². The van der Waals surface area contributed by atoms with E-state index in [-0.39, 0.29) is 39.2 Å². The highest BCUT2D eigenvalue weighted by atomic mass is 15.2. The molecule has 5 aromatic rings. The minimum Gasteiger partial charge on any atom is -0.311 e. The number of anilines is 6. The van der Waals surface area contributed by atoms with E-state index in [1.54, 1.807) is 0 Å². The first-order valence-corrected chi connectivity index (χ1v) is 21.4. The fraction of sp³-hybridized carbons (Fsp3) is 0.444. The Balaban J connectivity index is 1.63. The third kappa shape index (κ3) is 7.61. The Bertz CT molecular complexity index is 2160. The second-order valence-electron chi connectivity index (χ2n) is 23.3. The predicted octanol–water partition coefficient (Wildman–Crippen LogP) is 13.7. The van der Waals surface area contributed by atoms with Gasteiger partial charge in [-0.2, -0.15) is 0 Å². The van der Waals surface area contributed by atoms with Crippen LogP contribution in [0.25, 0.3) is 0 Å². The summed E-state index contributed by atoms with van der Waals surface area (Å²) in [5, 5.41) is 0. The van der Waals surface area contributed by atoms with E-state index < -0.39 is 0 Å². The van der Waals surface area contributed by atoms with Crippen molar-refractivity contribution in [2.75, 3.05) is 9.80 Å². The maximum atomic E-state index is 2.60. The van der Waals surface area contributed by atoms with Crippen LogP contribution in [0.4, 0.5) is 34.1 Å². The second-order valence-corrected chi connectivity index (χ2v) is 23.3. The Morgan fingerprint density at radius 3 is 1.02 bits per heavy atom. The molecule has 0 bridgehead atoms. The molecule has 0 saturated carbocycles. The first-order valence-electron chi connectivity index (χ1n) is 21.4. The summed E-state index contributed by atoms with van der Waals surface area (Å²) in [6, 6.07) is 38.7. The number of hydrogen-bond donors (Lipinski definition) is 0. The van der Waals surface area contributed by atoms with Gasteiger partial charge in [0.15, 0.2) is 0 Å². The van der Waals surface area contributed by atoms with Gasteiger partial charge in [-0.15, -0.1) is 0 Å².